The first-order valence-corrected chi connectivity index (χ1v) is 7.50. The Kier molecular flexibility index (Phi) is 2.39. The van der Waals surface area contributed by atoms with Gasteiger partial charge in [0.15, 0.2) is 5.79 Å². The summed E-state index contributed by atoms with van der Waals surface area (Å²) in [5, 5.41) is 0. The normalized spacial score (nSPS) is 47.7. The highest BCUT2D eigenvalue weighted by molar-refractivity contribution is 5.16. The van der Waals surface area contributed by atoms with Gasteiger partial charge in [0.2, 0.25) is 0 Å². The van der Waals surface area contributed by atoms with Gasteiger partial charge in [-0.15, -0.1) is 0 Å². The van der Waals surface area contributed by atoms with Crippen LogP contribution >= 0.6 is 0 Å². The first-order chi connectivity index (χ1) is 8.10. The molecule has 0 amide bonds. The highest BCUT2D eigenvalue weighted by Gasteiger charge is 2.68. The molecule has 3 aliphatic rings. The summed E-state index contributed by atoms with van der Waals surface area (Å²) in [4.78, 5) is 0. The molecule has 0 radical (unpaired) electrons. The van der Waals surface area contributed by atoms with E-state index in [0.717, 1.165) is 11.8 Å². The summed E-state index contributed by atoms with van der Waals surface area (Å²) in [5.41, 5.74) is -0.0459. The van der Waals surface area contributed by atoms with Crippen molar-refractivity contribution in [3.05, 3.63) is 0 Å². The third kappa shape index (κ3) is 1.42. The monoisotopic (exact) mass is 252 g/mol. The van der Waals surface area contributed by atoms with Gasteiger partial charge in [-0.05, 0) is 65.2 Å². The van der Waals surface area contributed by atoms with Crippen molar-refractivity contribution < 1.29 is 9.47 Å². The van der Waals surface area contributed by atoms with E-state index in [9.17, 15) is 0 Å². The van der Waals surface area contributed by atoms with Crippen molar-refractivity contribution in [2.45, 2.75) is 84.2 Å². The van der Waals surface area contributed by atoms with Gasteiger partial charge in [0.25, 0.3) is 0 Å². The van der Waals surface area contributed by atoms with Crippen LogP contribution in [-0.2, 0) is 9.47 Å². The van der Waals surface area contributed by atoms with Crippen molar-refractivity contribution in [1.29, 1.82) is 0 Å². The van der Waals surface area contributed by atoms with Crippen molar-refractivity contribution in [2.24, 2.45) is 17.3 Å². The van der Waals surface area contributed by atoms with Crippen molar-refractivity contribution in [3.8, 4) is 0 Å². The lowest BCUT2D eigenvalue weighted by atomic mass is 9.58. The third-order valence-electron chi connectivity index (χ3n) is 6.28. The van der Waals surface area contributed by atoms with Gasteiger partial charge in [-0.3, -0.25) is 0 Å². The Labute approximate surface area is 111 Å². The molecule has 3 rings (SSSR count). The maximum atomic E-state index is 6.58. The molecule has 1 spiro atoms. The molecule has 2 saturated carbocycles. The van der Waals surface area contributed by atoms with E-state index in [-0.39, 0.29) is 16.6 Å². The highest BCUT2D eigenvalue weighted by Crippen LogP contribution is 2.65. The molecule has 0 aromatic carbocycles. The maximum Gasteiger partial charge on any atom is 0.164 e. The van der Waals surface area contributed by atoms with Gasteiger partial charge in [0.1, 0.15) is 0 Å². The van der Waals surface area contributed by atoms with Crippen molar-refractivity contribution in [3.63, 3.8) is 0 Å². The molecule has 3 atom stereocenters. The summed E-state index contributed by atoms with van der Waals surface area (Å²) >= 11 is 0. The molecule has 2 bridgehead atoms. The molecule has 2 nitrogen and oxygen atoms in total. The molecule has 2 heteroatoms. The summed E-state index contributed by atoms with van der Waals surface area (Å²) in [6, 6.07) is 0. The summed E-state index contributed by atoms with van der Waals surface area (Å²) in [7, 11) is 0. The van der Waals surface area contributed by atoms with Crippen LogP contribution in [0.25, 0.3) is 0 Å². The van der Waals surface area contributed by atoms with Gasteiger partial charge in [0.05, 0.1) is 11.2 Å². The van der Waals surface area contributed by atoms with Gasteiger partial charge in [-0.25, -0.2) is 0 Å². The maximum absolute atomic E-state index is 6.58. The standard InChI is InChI=1S/C16H28O2/c1-13(2)14(3,4)17-15(5,6)18-16(13)10-11-7-8-12(16)9-11/h11-12H,7-10H2,1-6H3. The second-order valence-corrected chi connectivity index (χ2v) is 8.21. The lowest BCUT2D eigenvalue weighted by molar-refractivity contribution is -0.414. The minimum atomic E-state index is -0.455. The Morgan fingerprint density at radius 3 is 2.06 bits per heavy atom. The third-order valence-corrected chi connectivity index (χ3v) is 6.28. The summed E-state index contributed by atoms with van der Waals surface area (Å²) in [5.74, 6) is 1.17. The van der Waals surface area contributed by atoms with Gasteiger partial charge in [-0.1, -0.05) is 13.8 Å². The fourth-order valence-corrected chi connectivity index (χ4v) is 5.01. The number of fused-ring (bicyclic) bond motifs is 3. The molecule has 0 aromatic rings. The van der Waals surface area contributed by atoms with Crippen LogP contribution in [0.1, 0.15) is 67.2 Å². The molecule has 1 heterocycles. The van der Waals surface area contributed by atoms with Gasteiger partial charge in [-0.2, -0.15) is 0 Å². The molecule has 0 N–H and O–H groups in total. The summed E-state index contributed by atoms with van der Waals surface area (Å²) in [6.45, 7) is 13.3. The molecule has 2 aliphatic carbocycles. The van der Waals surface area contributed by atoms with E-state index < -0.39 is 5.79 Å². The van der Waals surface area contributed by atoms with E-state index in [2.05, 4.69) is 41.5 Å². The molecule has 3 unspecified atom stereocenters. The largest absolute Gasteiger partial charge is 0.344 e. The molecule has 0 aromatic heterocycles. The van der Waals surface area contributed by atoms with Crippen molar-refractivity contribution in [2.75, 3.05) is 0 Å². The highest BCUT2D eigenvalue weighted by atomic mass is 16.7. The van der Waals surface area contributed by atoms with E-state index in [1.54, 1.807) is 0 Å². The van der Waals surface area contributed by atoms with Crippen molar-refractivity contribution >= 4 is 0 Å². The van der Waals surface area contributed by atoms with Crippen LogP contribution in [0.4, 0.5) is 0 Å². The average molecular weight is 252 g/mol. The van der Waals surface area contributed by atoms with Gasteiger partial charge in [0, 0.05) is 5.41 Å². The minimum absolute atomic E-state index is 0.0289. The second-order valence-electron chi connectivity index (χ2n) is 8.21. The number of ether oxygens (including phenoxy) is 2. The lowest BCUT2D eigenvalue weighted by Gasteiger charge is -2.63. The Hall–Kier alpha value is -0.0800. The molecule has 1 aliphatic heterocycles. The van der Waals surface area contributed by atoms with E-state index >= 15 is 0 Å². The van der Waals surface area contributed by atoms with Crippen molar-refractivity contribution in [1.82, 2.24) is 0 Å². The zero-order chi connectivity index (χ0) is 13.4. The topological polar surface area (TPSA) is 18.5 Å². The smallest absolute Gasteiger partial charge is 0.164 e. The second kappa shape index (κ2) is 3.32. The number of rotatable bonds is 0. The molecule has 3 fully saturated rings. The SMILES string of the molecule is CC1(C)OC(C)(C)C(C)(C)C2(CC3CCC2C3)O1. The van der Waals surface area contributed by atoms with Crippen LogP contribution < -0.4 is 0 Å². The zero-order valence-corrected chi connectivity index (χ0v) is 12.8. The summed E-state index contributed by atoms with van der Waals surface area (Å²) < 4.78 is 12.8. The molecule has 104 valence electrons. The van der Waals surface area contributed by atoms with Crippen LogP contribution in [0.15, 0.2) is 0 Å². The van der Waals surface area contributed by atoms with E-state index in [1.165, 1.54) is 25.7 Å². The Balaban J connectivity index is 2.06. The van der Waals surface area contributed by atoms with Crippen LogP contribution in [-0.4, -0.2) is 17.0 Å². The predicted molar refractivity (Wildman–Crippen MR) is 72.3 cm³/mol. The predicted octanol–water partition coefficient (Wildman–Crippen LogP) is 4.13. The summed E-state index contributed by atoms with van der Waals surface area (Å²) in [6.07, 6.45) is 5.37. The zero-order valence-electron chi connectivity index (χ0n) is 12.8. The van der Waals surface area contributed by atoms with Crippen LogP contribution in [0, 0.1) is 17.3 Å². The first kappa shape index (κ1) is 12.9. The quantitative estimate of drug-likeness (QED) is 0.645. The van der Waals surface area contributed by atoms with E-state index in [0.29, 0.717) is 0 Å². The molecular weight excluding hydrogens is 224 g/mol. The van der Waals surface area contributed by atoms with Crippen LogP contribution in [0.2, 0.25) is 0 Å². The van der Waals surface area contributed by atoms with Crippen LogP contribution in [0.3, 0.4) is 0 Å². The lowest BCUT2D eigenvalue weighted by Crippen LogP contribution is -2.69. The fourth-order valence-electron chi connectivity index (χ4n) is 5.01. The van der Waals surface area contributed by atoms with Crippen LogP contribution in [0.5, 0.6) is 0 Å². The number of hydrogen-bond donors (Lipinski definition) is 0. The Bertz CT molecular complexity index is 369. The number of hydrogen-bond acceptors (Lipinski definition) is 2. The molecule has 18 heavy (non-hydrogen) atoms. The van der Waals surface area contributed by atoms with Gasteiger partial charge < -0.3 is 9.47 Å². The molecular formula is C16H28O2. The fraction of sp³-hybridized carbons (Fsp3) is 1.00. The van der Waals surface area contributed by atoms with E-state index in [4.69, 9.17) is 9.47 Å². The Morgan fingerprint density at radius 2 is 1.56 bits per heavy atom. The van der Waals surface area contributed by atoms with Gasteiger partial charge >= 0.3 is 0 Å². The average Bonchev–Trinajstić information content (AvgIpc) is 2.72. The Morgan fingerprint density at radius 1 is 0.889 bits per heavy atom. The first-order valence-electron chi connectivity index (χ1n) is 7.50. The van der Waals surface area contributed by atoms with E-state index in [1.807, 2.05) is 0 Å². The molecule has 1 saturated heterocycles. The minimum Gasteiger partial charge on any atom is -0.344 e.